The number of aliphatic hydroxyl groups is 2. The van der Waals surface area contributed by atoms with Gasteiger partial charge in [-0.15, -0.1) is 0 Å². The summed E-state index contributed by atoms with van der Waals surface area (Å²) in [5.74, 6) is -2.20. The number of carboxylic acid groups (broad SMARTS) is 1. The van der Waals surface area contributed by atoms with Gasteiger partial charge < -0.3 is 30.0 Å². The van der Waals surface area contributed by atoms with Gasteiger partial charge in [0.05, 0.1) is 23.5 Å². The van der Waals surface area contributed by atoms with Gasteiger partial charge in [-0.2, -0.15) is 0 Å². The van der Waals surface area contributed by atoms with Crippen LogP contribution in [0.5, 0.6) is 0 Å². The minimum absolute atomic E-state index is 0. The van der Waals surface area contributed by atoms with Gasteiger partial charge in [-0.1, -0.05) is 62.4 Å². The fraction of sp³-hybridized carbons (Fsp3) is 0.273. The minimum atomic E-state index is -1.39. The van der Waals surface area contributed by atoms with E-state index in [1.54, 1.807) is 24.3 Å². The van der Waals surface area contributed by atoms with Crippen molar-refractivity contribution in [3.8, 4) is 22.4 Å². The van der Waals surface area contributed by atoms with Crippen LogP contribution in [0.1, 0.15) is 55.1 Å². The largest absolute Gasteiger partial charge is 1.00 e. The zero-order valence-electron chi connectivity index (χ0n) is 24.1. The van der Waals surface area contributed by atoms with Crippen LogP contribution >= 0.6 is 0 Å². The Hall–Kier alpha value is -3.27. The van der Waals surface area contributed by atoms with Gasteiger partial charge in [-0.3, -0.25) is 4.79 Å². The standard InChI is InChI=1S/C33H35FN2O5.Na/c1-21(2)31-30(33(41)35-25-11-7-4-8-12-25)29(22-9-5-3-6-10-22)32(23-13-15-24(34)16-14-23)36(31)18-17-26(37)19-27(38)20-28(39)40;/h3-16,21,26-27,37-38H,17-20H2,1-2H3,(H,35,41)(H,39,40);/q;+1/p-1/t26-,27-;/m1./s1/i27+2;. The van der Waals surface area contributed by atoms with E-state index in [0.717, 1.165) is 11.3 Å². The van der Waals surface area contributed by atoms with Crippen molar-refractivity contribution in [2.75, 3.05) is 5.32 Å². The van der Waals surface area contributed by atoms with Crippen molar-refractivity contribution in [3.63, 3.8) is 0 Å². The molecule has 2 atom stereocenters. The Bertz CT molecular complexity index is 1470. The number of para-hydroxylation sites is 1. The molecule has 1 aromatic heterocycles. The zero-order chi connectivity index (χ0) is 29.5. The number of aliphatic hydroxyl groups excluding tert-OH is 2. The first kappa shape index (κ1) is 33.2. The molecule has 1 heterocycles. The van der Waals surface area contributed by atoms with E-state index in [0.29, 0.717) is 28.1 Å². The van der Waals surface area contributed by atoms with Crippen LogP contribution in [0.4, 0.5) is 10.1 Å². The summed E-state index contributed by atoms with van der Waals surface area (Å²) in [5.41, 5.74) is 4.72. The summed E-state index contributed by atoms with van der Waals surface area (Å²) in [5, 5.41) is 34.6. The van der Waals surface area contributed by atoms with E-state index in [4.69, 9.17) is 0 Å². The molecule has 4 aromatic rings. The number of amides is 1. The summed E-state index contributed by atoms with van der Waals surface area (Å²) in [6, 6.07) is 24.7. The van der Waals surface area contributed by atoms with Crippen LogP contribution in [0.25, 0.3) is 22.4 Å². The Morgan fingerprint density at radius 3 is 2.12 bits per heavy atom. The first-order chi connectivity index (χ1) is 19.7. The molecule has 0 saturated carbocycles. The summed E-state index contributed by atoms with van der Waals surface area (Å²) >= 11 is 0. The number of benzene rings is 3. The Balaban J connectivity index is 0.00000484. The van der Waals surface area contributed by atoms with Crippen LogP contribution in [0.2, 0.25) is 0 Å². The van der Waals surface area contributed by atoms with Crippen molar-refractivity contribution in [2.24, 2.45) is 0 Å². The van der Waals surface area contributed by atoms with Crippen molar-refractivity contribution in [1.82, 2.24) is 4.57 Å². The number of nitrogens with one attached hydrogen (secondary N) is 1. The molecule has 4 rings (SSSR count). The normalized spacial score (nSPS) is 12.4. The quantitative estimate of drug-likeness (QED) is 0.221. The van der Waals surface area contributed by atoms with E-state index in [-0.39, 0.29) is 60.8 Å². The van der Waals surface area contributed by atoms with E-state index in [1.807, 2.05) is 66.9 Å². The number of carbonyl (C=O) groups excluding carboxylic acids is 2. The van der Waals surface area contributed by atoms with Gasteiger partial charge in [0.25, 0.3) is 5.91 Å². The third-order valence-electron chi connectivity index (χ3n) is 6.92. The van der Waals surface area contributed by atoms with E-state index in [9.17, 15) is 29.3 Å². The molecule has 0 saturated heterocycles. The molecule has 0 aliphatic heterocycles. The van der Waals surface area contributed by atoms with Crippen molar-refractivity contribution in [1.29, 1.82) is 0 Å². The number of anilines is 1. The van der Waals surface area contributed by atoms with Crippen molar-refractivity contribution < 1.29 is 58.9 Å². The number of carbonyl (C=O) groups is 2. The number of hydrogen-bond acceptors (Lipinski definition) is 5. The summed E-state index contributed by atoms with van der Waals surface area (Å²) < 4.78 is 16.0. The molecule has 0 aliphatic rings. The predicted molar refractivity (Wildman–Crippen MR) is 155 cm³/mol. The third-order valence-corrected chi connectivity index (χ3v) is 6.92. The van der Waals surface area contributed by atoms with Gasteiger partial charge in [0.2, 0.25) is 0 Å². The second-order valence-corrected chi connectivity index (χ2v) is 10.4. The third kappa shape index (κ3) is 8.18. The fourth-order valence-corrected chi connectivity index (χ4v) is 5.19. The predicted octanol–water partition coefficient (Wildman–Crippen LogP) is 1.98. The molecule has 1 amide bonds. The fourth-order valence-electron chi connectivity index (χ4n) is 5.19. The molecule has 0 fully saturated rings. The van der Waals surface area contributed by atoms with E-state index >= 15 is 0 Å². The number of aliphatic carboxylic acids is 1. The van der Waals surface area contributed by atoms with E-state index < -0.39 is 30.4 Å². The van der Waals surface area contributed by atoms with Crippen LogP contribution < -0.4 is 40.0 Å². The van der Waals surface area contributed by atoms with Gasteiger partial charge in [0, 0.05) is 35.9 Å². The Kier molecular flexibility index (Phi) is 12.1. The monoisotopic (exact) mass is 582 g/mol. The van der Waals surface area contributed by atoms with Crippen LogP contribution in [0, 0.1) is 5.82 Å². The Labute approximate surface area is 267 Å². The molecule has 0 bridgehead atoms. The first-order valence-corrected chi connectivity index (χ1v) is 13.7. The van der Waals surface area contributed by atoms with Crippen molar-refractivity contribution in [2.45, 2.75) is 57.8 Å². The first-order valence-electron chi connectivity index (χ1n) is 13.7. The molecule has 0 spiro atoms. The molecule has 7 nitrogen and oxygen atoms in total. The van der Waals surface area contributed by atoms with Gasteiger partial charge in [-0.25, -0.2) is 4.39 Å². The zero-order valence-corrected chi connectivity index (χ0v) is 26.1. The average Bonchev–Trinajstić information content (AvgIpc) is 3.28. The Morgan fingerprint density at radius 1 is 0.952 bits per heavy atom. The average molecular weight is 583 g/mol. The molecule has 0 radical (unpaired) electrons. The molecule has 42 heavy (non-hydrogen) atoms. The number of carboxylic acids is 1. The SMILES string of the molecule is CC(C)c1c(C(=O)Nc2ccccc2)c(-c2ccccc2)c(-c2ccc(F)cc2)n1CC[C@@H](O)C[14C@@H](O)CC(=O)[O-].[Na+]. The minimum Gasteiger partial charge on any atom is -0.550 e. The van der Waals surface area contributed by atoms with E-state index in [2.05, 4.69) is 5.32 Å². The second-order valence-electron chi connectivity index (χ2n) is 10.4. The van der Waals surface area contributed by atoms with Gasteiger partial charge in [0.15, 0.2) is 0 Å². The maximum atomic E-state index is 14.0. The molecular weight excluding hydrogens is 548 g/mol. The van der Waals surface area contributed by atoms with Crippen LogP contribution in [-0.4, -0.2) is 38.9 Å². The number of halogens is 1. The smallest absolute Gasteiger partial charge is 0.550 e. The maximum Gasteiger partial charge on any atom is 1.00 e. The summed E-state index contributed by atoms with van der Waals surface area (Å²) in [7, 11) is 0. The van der Waals surface area contributed by atoms with Crippen LogP contribution in [0.15, 0.2) is 84.9 Å². The number of aromatic nitrogens is 1. The Morgan fingerprint density at radius 2 is 1.55 bits per heavy atom. The number of rotatable bonds is 12. The van der Waals surface area contributed by atoms with Gasteiger partial charge in [-0.05, 0) is 66.3 Å². The molecule has 3 aromatic carbocycles. The molecule has 0 unspecified atom stereocenters. The molecule has 0 aliphatic carbocycles. The molecule has 3 N–H and O–H groups in total. The maximum absolute atomic E-state index is 14.0. The molecular formula is C33H34FN2NaO5. The van der Waals surface area contributed by atoms with Gasteiger partial charge in [0.1, 0.15) is 5.82 Å². The second kappa shape index (κ2) is 15.3. The topological polar surface area (TPSA) is 115 Å². The summed E-state index contributed by atoms with van der Waals surface area (Å²) in [4.78, 5) is 24.9. The van der Waals surface area contributed by atoms with E-state index in [1.165, 1.54) is 12.1 Å². The van der Waals surface area contributed by atoms with Crippen LogP contribution in [-0.2, 0) is 11.3 Å². The molecule has 214 valence electrons. The molecule has 9 heteroatoms. The van der Waals surface area contributed by atoms with Crippen LogP contribution in [0.3, 0.4) is 0 Å². The van der Waals surface area contributed by atoms with Gasteiger partial charge >= 0.3 is 29.6 Å². The summed E-state index contributed by atoms with van der Waals surface area (Å²) in [6.45, 7) is 4.22. The number of nitrogens with zero attached hydrogens (tertiary/aromatic N) is 1. The van der Waals surface area contributed by atoms with Crippen molar-refractivity contribution in [3.05, 3.63) is 102 Å². The van der Waals surface area contributed by atoms with Crippen molar-refractivity contribution >= 4 is 17.6 Å². The number of hydrogen-bond donors (Lipinski definition) is 3. The summed E-state index contributed by atoms with van der Waals surface area (Å²) in [6.07, 6.45) is -2.77.